The number of likely N-dealkylation sites (tertiary alicyclic amines) is 1. The summed E-state index contributed by atoms with van der Waals surface area (Å²) in [5.41, 5.74) is 1.30. The molecule has 26 heavy (non-hydrogen) atoms. The molecule has 1 amide bonds. The Labute approximate surface area is 153 Å². The van der Waals surface area contributed by atoms with Gasteiger partial charge in [-0.05, 0) is 30.7 Å². The molecule has 1 aromatic heterocycles. The summed E-state index contributed by atoms with van der Waals surface area (Å²) in [6.07, 6.45) is -1.65. The Hall–Kier alpha value is -2.16. The van der Waals surface area contributed by atoms with Gasteiger partial charge in [0.1, 0.15) is 0 Å². The number of aromatic nitrogens is 2. The quantitative estimate of drug-likeness (QED) is 0.858. The molecule has 0 saturated carbocycles. The number of carbonyl (C=O) groups is 1. The van der Waals surface area contributed by atoms with Crippen LogP contribution >= 0.6 is 11.3 Å². The molecule has 140 valence electrons. The van der Waals surface area contributed by atoms with Gasteiger partial charge in [-0.3, -0.25) is 4.79 Å². The molecule has 1 aliphatic heterocycles. The number of amides is 1. The molecule has 1 aromatic carbocycles. The highest BCUT2D eigenvalue weighted by Crippen LogP contribution is 2.33. The fourth-order valence-electron chi connectivity index (χ4n) is 3.01. The largest absolute Gasteiger partial charge is 0.445 e. The van der Waals surface area contributed by atoms with E-state index >= 15 is 0 Å². The Morgan fingerprint density at radius 2 is 1.88 bits per heavy atom. The van der Waals surface area contributed by atoms with Crippen LogP contribution in [0, 0.1) is 5.92 Å². The monoisotopic (exact) mass is 384 g/mol. The van der Waals surface area contributed by atoms with E-state index in [0.29, 0.717) is 30.3 Å². The Morgan fingerprint density at radius 1 is 1.19 bits per heavy atom. The van der Waals surface area contributed by atoms with E-state index < -0.39 is 11.2 Å². The van der Waals surface area contributed by atoms with Gasteiger partial charge in [0.25, 0.3) is 0 Å². The van der Waals surface area contributed by atoms with Gasteiger partial charge in [-0.1, -0.05) is 41.7 Å². The molecule has 0 radical (unpaired) electrons. The van der Waals surface area contributed by atoms with Crippen LogP contribution in [-0.4, -0.2) is 40.6 Å². The second kappa shape index (κ2) is 8.03. The van der Waals surface area contributed by atoms with E-state index in [9.17, 15) is 18.0 Å². The molecule has 5 nitrogen and oxygen atoms in total. The van der Waals surface area contributed by atoms with Gasteiger partial charge < -0.3 is 10.2 Å². The van der Waals surface area contributed by atoms with Gasteiger partial charge in [0.05, 0.1) is 6.54 Å². The molecule has 1 fully saturated rings. The molecule has 1 N–H and O–H groups in total. The maximum atomic E-state index is 12.5. The average Bonchev–Trinajstić information content (AvgIpc) is 3.11. The van der Waals surface area contributed by atoms with Crippen LogP contribution < -0.4 is 5.32 Å². The van der Waals surface area contributed by atoms with Gasteiger partial charge in [-0.25, -0.2) is 0 Å². The fourth-order valence-corrected chi connectivity index (χ4v) is 3.61. The van der Waals surface area contributed by atoms with Crippen LogP contribution in [-0.2, 0) is 17.4 Å². The minimum atomic E-state index is -4.51. The van der Waals surface area contributed by atoms with Crippen molar-refractivity contribution in [2.24, 2.45) is 5.92 Å². The van der Waals surface area contributed by atoms with Crippen LogP contribution in [0.3, 0.4) is 0 Å². The van der Waals surface area contributed by atoms with Crippen molar-refractivity contribution >= 4 is 22.4 Å². The van der Waals surface area contributed by atoms with E-state index in [1.807, 2.05) is 18.2 Å². The zero-order chi connectivity index (χ0) is 18.6. The van der Waals surface area contributed by atoms with E-state index in [-0.39, 0.29) is 17.6 Å². The number of nitrogens with zero attached hydrogens (tertiary/aromatic N) is 3. The maximum absolute atomic E-state index is 12.5. The molecule has 9 heteroatoms. The van der Waals surface area contributed by atoms with Gasteiger partial charge >= 0.3 is 6.18 Å². The number of hydrogen-bond acceptors (Lipinski definition) is 5. The predicted molar refractivity (Wildman–Crippen MR) is 92.9 cm³/mol. The van der Waals surface area contributed by atoms with E-state index in [4.69, 9.17) is 0 Å². The average molecular weight is 384 g/mol. The first-order chi connectivity index (χ1) is 12.4. The van der Waals surface area contributed by atoms with Crippen molar-refractivity contribution in [1.29, 1.82) is 0 Å². The summed E-state index contributed by atoms with van der Waals surface area (Å²) in [5, 5.41) is 8.13. The zero-order valence-corrected chi connectivity index (χ0v) is 14.8. The lowest BCUT2D eigenvalue weighted by atomic mass is 9.90. The summed E-state index contributed by atoms with van der Waals surface area (Å²) < 4.78 is 37.5. The summed E-state index contributed by atoms with van der Waals surface area (Å²) in [6.45, 7) is 1.26. The summed E-state index contributed by atoms with van der Waals surface area (Å²) in [6, 6.07) is 10.3. The first-order valence-corrected chi connectivity index (χ1v) is 9.20. The van der Waals surface area contributed by atoms with Gasteiger partial charge in [-0.2, -0.15) is 13.2 Å². The summed E-state index contributed by atoms with van der Waals surface area (Å²) in [4.78, 5) is 14.0. The highest BCUT2D eigenvalue weighted by Gasteiger charge is 2.35. The highest BCUT2D eigenvalue weighted by molar-refractivity contribution is 7.15. The van der Waals surface area contributed by atoms with Crippen LogP contribution in [0.4, 0.5) is 18.3 Å². The Morgan fingerprint density at radius 3 is 2.50 bits per heavy atom. The number of nitrogens with one attached hydrogen (secondary N) is 1. The van der Waals surface area contributed by atoms with Crippen LogP contribution in [0.25, 0.3) is 0 Å². The van der Waals surface area contributed by atoms with Crippen LogP contribution in [0.2, 0.25) is 0 Å². The van der Waals surface area contributed by atoms with Crippen molar-refractivity contribution in [3.8, 4) is 0 Å². The topological polar surface area (TPSA) is 58.1 Å². The third-order valence-electron chi connectivity index (χ3n) is 4.39. The molecule has 0 bridgehead atoms. The number of anilines is 1. The Bertz CT molecular complexity index is 727. The maximum Gasteiger partial charge on any atom is 0.445 e. The van der Waals surface area contributed by atoms with Crippen molar-refractivity contribution < 1.29 is 18.0 Å². The number of benzene rings is 1. The summed E-state index contributed by atoms with van der Waals surface area (Å²) in [7, 11) is 0. The van der Waals surface area contributed by atoms with Crippen molar-refractivity contribution in [3.63, 3.8) is 0 Å². The molecule has 1 saturated heterocycles. The number of rotatable bonds is 5. The minimum Gasteiger partial charge on any atom is -0.351 e. The lowest BCUT2D eigenvalue weighted by Crippen LogP contribution is -2.41. The van der Waals surface area contributed by atoms with Crippen molar-refractivity contribution in [2.75, 3.05) is 25.0 Å². The SMILES string of the molecule is O=C(CNc1nnc(C(F)(F)F)s1)N1CCC(Cc2ccccc2)CC1. The number of piperidine rings is 1. The molecule has 0 atom stereocenters. The molecule has 0 unspecified atom stereocenters. The van der Waals surface area contributed by atoms with Crippen molar-refractivity contribution in [2.45, 2.75) is 25.4 Å². The van der Waals surface area contributed by atoms with Crippen molar-refractivity contribution in [3.05, 3.63) is 40.9 Å². The Balaban J connectivity index is 1.43. The molecule has 2 heterocycles. The first-order valence-electron chi connectivity index (χ1n) is 8.38. The Kier molecular flexibility index (Phi) is 5.75. The lowest BCUT2D eigenvalue weighted by molar-refractivity contribution is -0.138. The third-order valence-corrected chi connectivity index (χ3v) is 5.32. The van der Waals surface area contributed by atoms with E-state index in [1.54, 1.807) is 4.90 Å². The van der Waals surface area contributed by atoms with E-state index in [1.165, 1.54) is 5.56 Å². The number of hydrogen-bond donors (Lipinski definition) is 1. The smallest absolute Gasteiger partial charge is 0.351 e. The second-order valence-electron chi connectivity index (χ2n) is 6.28. The van der Waals surface area contributed by atoms with Gasteiger partial charge in [0.2, 0.25) is 16.0 Å². The van der Waals surface area contributed by atoms with Crippen LogP contribution in [0.1, 0.15) is 23.4 Å². The fraction of sp³-hybridized carbons (Fsp3) is 0.471. The molecule has 0 spiro atoms. The number of carbonyl (C=O) groups excluding carboxylic acids is 1. The molecule has 0 aliphatic carbocycles. The normalized spacial score (nSPS) is 15.9. The molecule has 3 rings (SSSR count). The zero-order valence-electron chi connectivity index (χ0n) is 14.0. The summed E-state index contributed by atoms with van der Waals surface area (Å²) in [5.74, 6) is 0.416. The minimum absolute atomic E-state index is 0.00429. The standard InChI is InChI=1S/C17H19F3N4OS/c18-17(19,20)15-22-23-16(26-15)21-11-14(25)24-8-6-13(7-9-24)10-12-4-2-1-3-5-12/h1-5,13H,6-11H2,(H,21,23). The van der Waals surface area contributed by atoms with E-state index in [0.717, 1.165) is 19.3 Å². The summed E-state index contributed by atoms with van der Waals surface area (Å²) >= 11 is 0.401. The molecule has 2 aromatic rings. The van der Waals surface area contributed by atoms with Crippen molar-refractivity contribution in [1.82, 2.24) is 15.1 Å². The van der Waals surface area contributed by atoms with Gasteiger partial charge in [-0.15, -0.1) is 10.2 Å². The third kappa shape index (κ3) is 4.94. The molecular formula is C17H19F3N4OS. The molecule has 1 aliphatic rings. The number of alkyl halides is 3. The van der Waals surface area contributed by atoms with Gasteiger partial charge in [0, 0.05) is 13.1 Å². The predicted octanol–water partition coefficient (Wildman–Crippen LogP) is 3.45. The van der Waals surface area contributed by atoms with Crippen LogP contribution in [0.15, 0.2) is 30.3 Å². The van der Waals surface area contributed by atoms with E-state index in [2.05, 4.69) is 27.6 Å². The van der Waals surface area contributed by atoms with Crippen LogP contribution in [0.5, 0.6) is 0 Å². The second-order valence-corrected chi connectivity index (χ2v) is 7.26. The highest BCUT2D eigenvalue weighted by atomic mass is 32.1. The molecular weight excluding hydrogens is 365 g/mol. The lowest BCUT2D eigenvalue weighted by Gasteiger charge is -2.32. The first kappa shape index (κ1) is 18.6. The number of halogens is 3. The van der Waals surface area contributed by atoms with Gasteiger partial charge in [0.15, 0.2) is 0 Å².